The molecule has 1 aromatic carbocycles. The Bertz CT molecular complexity index is 892. The maximum absolute atomic E-state index is 12.9. The molecule has 1 saturated heterocycles. The predicted octanol–water partition coefficient (Wildman–Crippen LogP) is 2.75. The number of aryl methyl sites for hydroxylation is 1. The molecule has 6 nitrogen and oxygen atoms in total. The van der Waals surface area contributed by atoms with Gasteiger partial charge in [0.2, 0.25) is 0 Å². The van der Waals surface area contributed by atoms with E-state index >= 15 is 0 Å². The first-order valence-corrected chi connectivity index (χ1v) is 10.9. The molecule has 1 aliphatic carbocycles. The van der Waals surface area contributed by atoms with Crippen molar-refractivity contribution in [2.45, 2.75) is 57.1 Å². The summed E-state index contributed by atoms with van der Waals surface area (Å²) in [7, 11) is 0. The second-order valence-corrected chi connectivity index (χ2v) is 8.30. The monoisotopic (exact) mass is 392 g/mol. The third kappa shape index (κ3) is 3.73. The molecule has 1 atom stereocenters. The summed E-state index contributed by atoms with van der Waals surface area (Å²) in [5.41, 5.74) is 4.81. The molecule has 29 heavy (non-hydrogen) atoms. The highest BCUT2D eigenvalue weighted by atomic mass is 16.5. The SMILES string of the molecule is O=C(NC1CCN(c2ncnc3c2CCCC3)CC1)C1OCCc2ccccc21. The fraction of sp³-hybridized carbons (Fsp3) is 0.522. The lowest BCUT2D eigenvalue weighted by Crippen LogP contribution is -2.47. The summed E-state index contributed by atoms with van der Waals surface area (Å²) in [6.07, 6.45) is 8.57. The first kappa shape index (κ1) is 18.6. The van der Waals surface area contributed by atoms with Crippen molar-refractivity contribution >= 4 is 11.7 Å². The smallest absolute Gasteiger partial charge is 0.253 e. The number of hydrogen-bond acceptors (Lipinski definition) is 5. The molecular formula is C23H28N4O2. The van der Waals surface area contributed by atoms with E-state index in [1.54, 1.807) is 6.33 Å². The van der Waals surface area contributed by atoms with Gasteiger partial charge in [0.25, 0.3) is 5.91 Å². The van der Waals surface area contributed by atoms with E-state index in [0.717, 1.165) is 56.6 Å². The quantitative estimate of drug-likeness (QED) is 0.870. The number of aromatic nitrogens is 2. The number of carbonyl (C=O) groups excluding carboxylic acids is 1. The number of ether oxygens (including phenoxy) is 1. The number of anilines is 1. The summed E-state index contributed by atoms with van der Waals surface area (Å²) in [5.74, 6) is 1.11. The lowest BCUT2D eigenvalue weighted by Gasteiger charge is -2.35. The number of piperidine rings is 1. The molecule has 1 amide bonds. The van der Waals surface area contributed by atoms with Crippen LogP contribution >= 0.6 is 0 Å². The molecule has 1 fully saturated rings. The minimum Gasteiger partial charge on any atom is -0.363 e. The summed E-state index contributed by atoms with van der Waals surface area (Å²) < 4.78 is 5.82. The van der Waals surface area contributed by atoms with Crippen molar-refractivity contribution in [3.63, 3.8) is 0 Å². The number of carbonyl (C=O) groups is 1. The van der Waals surface area contributed by atoms with Gasteiger partial charge in [-0.2, -0.15) is 0 Å². The van der Waals surface area contributed by atoms with Gasteiger partial charge in [0, 0.05) is 30.4 Å². The molecule has 2 aliphatic heterocycles. The number of fused-ring (bicyclic) bond motifs is 2. The Hall–Kier alpha value is -2.47. The molecule has 0 radical (unpaired) electrons. The fourth-order valence-electron chi connectivity index (χ4n) is 4.90. The van der Waals surface area contributed by atoms with E-state index in [9.17, 15) is 4.79 Å². The van der Waals surface area contributed by atoms with Gasteiger partial charge < -0.3 is 15.0 Å². The highest BCUT2D eigenvalue weighted by Crippen LogP contribution is 2.30. The predicted molar refractivity (Wildman–Crippen MR) is 111 cm³/mol. The van der Waals surface area contributed by atoms with Crippen LogP contribution in [0, 0.1) is 0 Å². The molecular weight excluding hydrogens is 364 g/mol. The Balaban J connectivity index is 1.22. The Labute approximate surface area is 171 Å². The summed E-state index contributed by atoms with van der Waals surface area (Å²) in [6.45, 7) is 2.43. The van der Waals surface area contributed by atoms with Gasteiger partial charge in [-0.25, -0.2) is 9.97 Å². The van der Waals surface area contributed by atoms with Gasteiger partial charge in [0.1, 0.15) is 12.1 Å². The zero-order chi connectivity index (χ0) is 19.6. The van der Waals surface area contributed by atoms with Crippen molar-refractivity contribution in [1.82, 2.24) is 15.3 Å². The van der Waals surface area contributed by atoms with Crippen LogP contribution in [0.3, 0.4) is 0 Å². The van der Waals surface area contributed by atoms with Gasteiger partial charge in [-0.3, -0.25) is 4.79 Å². The number of rotatable bonds is 3. The van der Waals surface area contributed by atoms with Crippen LogP contribution in [0.2, 0.25) is 0 Å². The van der Waals surface area contributed by atoms with Crippen molar-refractivity contribution < 1.29 is 9.53 Å². The molecule has 3 aliphatic rings. The lowest BCUT2D eigenvalue weighted by molar-refractivity contribution is -0.135. The van der Waals surface area contributed by atoms with E-state index in [-0.39, 0.29) is 11.9 Å². The van der Waals surface area contributed by atoms with Gasteiger partial charge in [-0.1, -0.05) is 24.3 Å². The van der Waals surface area contributed by atoms with Crippen molar-refractivity contribution in [3.05, 3.63) is 53.0 Å². The van der Waals surface area contributed by atoms with Gasteiger partial charge >= 0.3 is 0 Å². The number of amides is 1. The standard InChI is InChI=1S/C23H28N4O2/c28-23(21-18-6-2-1-5-16(18)11-14-29-21)26-17-9-12-27(13-10-17)22-19-7-3-4-8-20(19)24-15-25-22/h1-2,5-6,15,17,21H,3-4,7-14H2,(H,26,28). The first-order valence-electron chi connectivity index (χ1n) is 10.9. The highest BCUT2D eigenvalue weighted by molar-refractivity contribution is 5.83. The van der Waals surface area contributed by atoms with E-state index in [2.05, 4.69) is 26.3 Å². The zero-order valence-electron chi connectivity index (χ0n) is 16.8. The van der Waals surface area contributed by atoms with Crippen molar-refractivity contribution in [1.29, 1.82) is 0 Å². The molecule has 1 N–H and O–H groups in total. The van der Waals surface area contributed by atoms with Crippen LogP contribution in [0.25, 0.3) is 0 Å². The molecule has 5 rings (SSSR count). The maximum atomic E-state index is 12.9. The van der Waals surface area contributed by atoms with Crippen LogP contribution in [0.15, 0.2) is 30.6 Å². The van der Waals surface area contributed by atoms with Gasteiger partial charge in [-0.05, 0) is 56.1 Å². The lowest BCUT2D eigenvalue weighted by atomic mass is 9.95. The average Bonchev–Trinajstić information content (AvgIpc) is 2.79. The van der Waals surface area contributed by atoms with E-state index in [1.807, 2.05) is 18.2 Å². The summed E-state index contributed by atoms with van der Waals surface area (Å²) in [4.78, 5) is 24.4. The number of benzene rings is 1. The van der Waals surface area contributed by atoms with Crippen LogP contribution in [0.4, 0.5) is 5.82 Å². The molecule has 152 valence electrons. The molecule has 6 heteroatoms. The van der Waals surface area contributed by atoms with Crippen molar-refractivity contribution in [2.75, 3.05) is 24.6 Å². The molecule has 0 spiro atoms. The minimum absolute atomic E-state index is 0.00462. The largest absolute Gasteiger partial charge is 0.363 e. The van der Waals surface area contributed by atoms with Gasteiger partial charge in [0.05, 0.1) is 6.61 Å². The fourth-order valence-corrected chi connectivity index (χ4v) is 4.90. The highest BCUT2D eigenvalue weighted by Gasteiger charge is 2.30. The van der Waals surface area contributed by atoms with Crippen LogP contribution in [-0.2, 0) is 28.8 Å². The van der Waals surface area contributed by atoms with Gasteiger partial charge in [-0.15, -0.1) is 0 Å². The Morgan fingerprint density at radius 3 is 2.79 bits per heavy atom. The van der Waals surface area contributed by atoms with Gasteiger partial charge in [0.15, 0.2) is 6.10 Å². The Morgan fingerprint density at radius 2 is 1.90 bits per heavy atom. The topological polar surface area (TPSA) is 67.4 Å². The summed E-state index contributed by atoms with van der Waals surface area (Å²) in [6, 6.07) is 8.31. The van der Waals surface area contributed by atoms with Crippen LogP contribution in [-0.4, -0.2) is 41.6 Å². The van der Waals surface area contributed by atoms with Crippen LogP contribution in [0.1, 0.15) is 54.2 Å². The average molecular weight is 393 g/mol. The second-order valence-electron chi connectivity index (χ2n) is 8.30. The van der Waals surface area contributed by atoms with E-state index < -0.39 is 6.10 Å². The Kier molecular flexibility index (Phi) is 5.19. The Morgan fingerprint density at radius 1 is 1.07 bits per heavy atom. The summed E-state index contributed by atoms with van der Waals surface area (Å²) >= 11 is 0. The van der Waals surface area contributed by atoms with Crippen LogP contribution < -0.4 is 10.2 Å². The van der Waals surface area contributed by atoms with E-state index in [4.69, 9.17) is 4.74 Å². The number of nitrogens with one attached hydrogen (secondary N) is 1. The van der Waals surface area contributed by atoms with E-state index in [0.29, 0.717) is 6.61 Å². The number of hydrogen-bond donors (Lipinski definition) is 1. The van der Waals surface area contributed by atoms with E-state index in [1.165, 1.54) is 29.7 Å². The molecule has 1 unspecified atom stereocenters. The normalized spacial score (nSPS) is 21.9. The number of nitrogens with zero attached hydrogens (tertiary/aromatic N) is 3. The molecule has 1 aromatic heterocycles. The van der Waals surface area contributed by atoms with Crippen molar-refractivity contribution in [3.8, 4) is 0 Å². The third-order valence-electron chi connectivity index (χ3n) is 6.47. The zero-order valence-corrected chi connectivity index (χ0v) is 16.8. The summed E-state index contributed by atoms with van der Waals surface area (Å²) in [5, 5.41) is 3.24. The molecule has 3 heterocycles. The maximum Gasteiger partial charge on any atom is 0.253 e. The molecule has 2 aromatic rings. The van der Waals surface area contributed by atoms with Crippen molar-refractivity contribution in [2.24, 2.45) is 0 Å². The minimum atomic E-state index is -0.480. The third-order valence-corrected chi connectivity index (χ3v) is 6.47. The molecule has 0 saturated carbocycles. The van der Waals surface area contributed by atoms with Crippen LogP contribution in [0.5, 0.6) is 0 Å². The first-order chi connectivity index (χ1) is 14.3. The molecule has 0 bridgehead atoms. The second kappa shape index (κ2) is 8.11.